The summed E-state index contributed by atoms with van der Waals surface area (Å²) in [7, 11) is 1.63. The third-order valence-electron chi connectivity index (χ3n) is 5.20. The summed E-state index contributed by atoms with van der Waals surface area (Å²) in [5.74, 6) is 2.00. The second-order valence-corrected chi connectivity index (χ2v) is 8.53. The van der Waals surface area contributed by atoms with E-state index in [1.807, 2.05) is 60.7 Å². The van der Waals surface area contributed by atoms with E-state index in [9.17, 15) is 4.79 Å². The number of amides is 1. The van der Waals surface area contributed by atoms with Gasteiger partial charge < -0.3 is 9.47 Å². The number of methoxy groups -OCH3 is 1. The van der Waals surface area contributed by atoms with E-state index >= 15 is 0 Å². The fourth-order valence-corrected chi connectivity index (χ4v) is 4.47. The molecule has 0 bridgehead atoms. The number of ether oxygens (including phenoxy) is 2. The zero-order chi connectivity index (χ0) is 23.3. The van der Waals surface area contributed by atoms with Gasteiger partial charge >= 0.3 is 0 Å². The number of rotatable bonds is 7. The first-order chi connectivity index (χ1) is 16.7. The molecule has 0 saturated carbocycles. The second-order valence-electron chi connectivity index (χ2n) is 7.52. The molecule has 0 unspecified atom stereocenters. The standard InChI is InChI=1S/C27H21N3O3S/c1-32-23-13-14-24-25(16-23)34-27(29-24)30(18-19-6-5-15-28-17-19)26(31)20-9-11-22(12-10-20)33-21-7-3-2-4-8-21/h2-17H,18H2,1H3. The van der Waals surface area contributed by atoms with Gasteiger partial charge in [-0.05, 0) is 66.2 Å². The third kappa shape index (κ3) is 4.74. The van der Waals surface area contributed by atoms with Gasteiger partial charge in [-0.1, -0.05) is 35.6 Å². The summed E-state index contributed by atoms with van der Waals surface area (Å²) in [6.45, 7) is 0.353. The number of para-hydroxylation sites is 1. The average Bonchev–Trinajstić information content (AvgIpc) is 3.31. The van der Waals surface area contributed by atoms with Crippen molar-refractivity contribution in [3.63, 3.8) is 0 Å². The number of benzene rings is 3. The van der Waals surface area contributed by atoms with Gasteiger partial charge in [-0.25, -0.2) is 4.98 Å². The van der Waals surface area contributed by atoms with E-state index in [4.69, 9.17) is 14.5 Å². The first kappa shape index (κ1) is 21.6. The summed E-state index contributed by atoms with van der Waals surface area (Å²) in [6, 6.07) is 26.2. The Kier molecular flexibility index (Phi) is 6.18. The van der Waals surface area contributed by atoms with Crippen LogP contribution in [-0.2, 0) is 6.54 Å². The monoisotopic (exact) mass is 467 g/mol. The summed E-state index contributed by atoms with van der Waals surface area (Å²) in [5.41, 5.74) is 2.27. The van der Waals surface area contributed by atoms with E-state index < -0.39 is 0 Å². The highest BCUT2D eigenvalue weighted by Gasteiger charge is 2.22. The molecular formula is C27H21N3O3S. The number of aromatic nitrogens is 2. The van der Waals surface area contributed by atoms with Crippen LogP contribution in [0, 0.1) is 0 Å². The molecule has 0 aliphatic heterocycles. The normalized spacial score (nSPS) is 10.7. The van der Waals surface area contributed by atoms with Gasteiger partial charge in [0, 0.05) is 18.0 Å². The highest BCUT2D eigenvalue weighted by Crippen LogP contribution is 2.33. The lowest BCUT2D eigenvalue weighted by atomic mass is 10.1. The molecule has 0 N–H and O–H groups in total. The predicted molar refractivity (Wildman–Crippen MR) is 134 cm³/mol. The number of thiazole rings is 1. The fraction of sp³-hybridized carbons (Fsp3) is 0.0741. The van der Waals surface area contributed by atoms with Crippen LogP contribution in [0.5, 0.6) is 17.2 Å². The van der Waals surface area contributed by atoms with Crippen molar-refractivity contribution in [2.75, 3.05) is 12.0 Å². The molecule has 0 fully saturated rings. The molecule has 0 atom stereocenters. The molecule has 0 aliphatic carbocycles. The minimum atomic E-state index is -0.152. The van der Waals surface area contributed by atoms with Crippen molar-refractivity contribution in [1.29, 1.82) is 0 Å². The quantitative estimate of drug-likeness (QED) is 0.279. The molecule has 5 rings (SSSR count). The lowest BCUT2D eigenvalue weighted by Crippen LogP contribution is -2.30. The Morgan fingerprint density at radius 1 is 0.912 bits per heavy atom. The number of fused-ring (bicyclic) bond motifs is 1. The van der Waals surface area contributed by atoms with Crippen LogP contribution in [0.15, 0.2) is 97.3 Å². The van der Waals surface area contributed by atoms with Gasteiger partial charge in [-0.15, -0.1) is 0 Å². The Hall–Kier alpha value is -4.23. The maximum absolute atomic E-state index is 13.6. The molecule has 3 aromatic carbocycles. The van der Waals surface area contributed by atoms with Crippen LogP contribution in [0.25, 0.3) is 10.2 Å². The van der Waals surface area contributed by atoms with Crippen LogP contribution >= 0.6 is 11.3 Å². The van der Waals surface area contributed by atoms with Crippen molar-refractivity contribution in [2.45, 2.75) is 6.54 Å². The zero-order valence-corrected chi connectivity index (χ0v) is 19.2. The van der Waals surface area contributed by atoms with Gasteiger partial charge in [-0.2, -0.15) is 0 Å². The molecule has 6 nitrogen and oxygen atoms in total. The Balaban J connectivity index is 1.45. The molecule has 2 aromatic heterocycles. The lowest BCUT2D eigenvalue weighted by molar-refractivity contribution is 0.0985. The topological polar surface area (TPSA) is 64.5 Å². The molecular weight excluding hydrogens is 446 g/mol. The predicted octanol–water partition coefficient (Wildman–Crippen LogP) is 6.34. The molecule has 34 heavy (non-hydrogen) atoms. The molecule has 7 heteroatoms. The Morgan fingerprint density at radius 3 is 2.41 bits per heavy atom. The maximum Gasteiger partial charge on any atom is 0.260 e. The number of carbonyl (C=O) groups is 1. The maximum atomic E-state index is 13.6. The van der Waals surface area contributed by atoms with Crippen LogP contribution in [-0.4, -0.2) is 23.0 Å². The summed E-state index contributed by atoms with van der Waals surface area (Å²) in [6.07, 6.45) is 3.47. The first-order valence-corrected chi connectivity index (χ1v) is 11.5. The van der Waals surface area contributed by atoms with E-state index in [0.29, 0.717) is 23.0 Å². The van der Waals surface area contributed by atoms with Gasteiger partial charge in [0.25, 0.3) is 5.91 Å². The molecule has 0 spiro atoms. The van der Waals surface area contributed by atoms with Crippen molar-refractivity contribution >= 4 is 32.6 Å². The first-order valence-electron chi connectivity index (χ1n) is 10.7. The van der Waals surface area contributed by atoms with Gasteiger partial charge in [0.2, 0.25) is 0 Å². The van der Waals surface area contributed by atoms with E-state index in [-0.39, 0.29) is 5.91 Å². The average molecular weight is 468 g/mol. The summed E-state index contributed by atoms with van der Waals surface area (Å²) < 4.78 is 12.1. The summed E-state index contributed by atoms with van der Waals surface area (Å²) in [5, 5.41) is 0.613. The molecule has 2 heterocycles. The van der Waals surface area contributed by atoms with Crippen molar-refractivity contribution in [3.05, 3.63) is 108 Å². The molecule has 0 radical (unpaired) electrons. The van der Waals surface area contributed by atoms with Gasteiger partial charge in [-0.3, -0.25) is 14.7 Å². The van der Waals surface area contributed by atoms with Crippen molar-refractivity contribution < 1.29 is 14.3 Å². The number of nitrogens with zero attached hydrogens (tertiary/aromatic N) is 3. The number of carbonyl (C=O) groups excluding carboxylic acids is 1. The molecule has 0 saturated heterocycles. The number of hydrogen-bond donors (Lipinski definition) is 0. The van der Waals surface area contributed by atoms with Gasteiger partial charge in [0.1, 0.15) is 17.2 Å². The van der Waals surface area contributed by atoms with E-state index in [0.717, 1.165) is 27.3 Å². The minimum absolute atomic E-state index is 0.152. The van der Waals surface area contributed by atoms with Crippen LogP contribution in [0.1, 0.15) is 15.9 Å². The second kappa shape index (κ2) is 9.72. The van der Waals surface area contributed by atoms with Crippen molar-refractivity contribution in [3.8, 4) is 17.2 Å². The van der Waals surface area contributed by atoms with Crippen LogP contribution in [0.3, 0.4) is 0 Å². The van der Waals surface area contributed by atoms with Crippen LogP contribution < -0.4 is 14.4 Å². The third-order valence-corrected chi connectivity index (χ3v) is 6.25. The smallest absolute Gasteiger partial charge is 0.260 e. The minimum Gasteiger partial charge on any atom is -0.497 e. The van der Waals surface area contributed by atoms with Gasteiger partial charge in [0.15, 0.2) is 5.13 Å². The zero-order valence-electron chi connectivity index (χ0n) is 18.4. The van der Waals surface area contributed by atoms with Gasteiger partial charge in [0.05, 0.1) is 23.9 Å². The summed E-state index contributed by atoms with van der Waals surface area (Å²) >= 11 is 1.45. The number of pyridine rings is 1. The summed E-state index contributed by atoms with van der Waals surface area (Å²) in [4.78, 5) is 24.2. The van der Waals surface area contributed by atoms with Crippen molar-refractivity contribution in [2.24, 2.45) is 0 Å². The number of hydrogen-bond acceptors (Lipinski definition) is 6. The largest absolute Gasteiger partial charge is 0.497 e. The highest BCUT2D eigenvalue weighted by atomic mass is 32.1. The Bertz CT molecular complexity index is 1400. The fourth-order valence-electron chi connectivity index (χ4n) is 3.48. The van der Waals surface area contributed by atoms with E-state index in [1.165, 1.54) is 11.3 Å². The molecule has 168 valence electrons. The number of anilines is 1. The molecule has 0 aliphatic rings. The molecule has 5 aromatic rings. The van der Waals surface area contributed by atoms with E-state index in [1.54, 1.807) is 48.7 Å². The highest BCUT2D eigenvalue weighted by molar-refractivity contribution is 7.22. The SMILES string of the molecule is COc1ccc2nc(N(Cc3cccnc3)C(=O)c3ccc(Oc4ccccc4)cc3)sc2c1. The van der Waals surface area contributed by atoms with Crippen LogP contribution in [0.2, 0.25) is 0 Å². The lowest BCUT2D eigenvalue weighted by Gasteiger charge is -2.20. The van der Waals surface area contributed by atoms with Crippen molar-refractivity contribution in [1.82, 2.24) is 9.97 Å². The Labute approximate surface area is 201 Å². The molecule has 1 amide bonds. The Morgan fingerprint density at radius 2 is 1.68 bits per heavy atom. The van der Waals surface area contributed by atoms with Crippen LogP contribution in [0.4, 0.5) is 5.13 Å². The van der Waals surface area contributed by atoms with E-state index in [2.05, 4.69) is 4.98 Å².